The van der Waals surface area contributed by atoms with Crippen molar-refractivity contribution in [2.75, 3.05) is 18.4 Å². The predicted octanol–water partition coefficient (Wildman–Crippen LogP) is 4.00. The quantitative estimate of drug-likeness (QED) is 0.725. The van der Waals surface area contributed by atoms with E-state index in [9.17, 15) is 26.4 Å². The zero-order valence-corrected chi connectivity index (χ0v) is 16.9. The first kappa shape index (κ1) is 21.6. The number of piperidine rings is 1. The van der Waals surface area contributed by atoms with Gasteiger partial charge in [-0.25, -0.2) is 8.42 Å². The molecule has 6 nitrogen and oxygen atoms in total. The van der Waals surface area contributed by atoms with E-state index in [2.05, 4.69) is 10.1 Å². The van der Waals surface area contributed by atoms with Crippen LogP contribution in [0.15, 0.2) is 40.6 Å². The van der Waals surface area contributed by atoms with Crippen LogP contribution in [0.1, 0.15) is 24.1 Å². The Bertz CT molecular complexity index is 967. The predicted molar refractivity (Wildman–Crippen MR) is 102 cm³/mol. The molecule has 11 heteroatoms. The molecule has 158 valence electrons. The van der Waals surface area contributed by atoms with E-state index in [1.165, 1.54) is 22.5 Å². The van der Waals surface area contributed by atoms with Gasteiger partial charge in [0, 0.05) is 29.7 Å². The average Bonchev–Trinajstić information content (AvgIpc) is 3.10. The molecular weight excluding hydrogens is 429 g/mol. The first-order valence-corrected chi connectivity index (χ1v) is 11.1. The molecule has 0 bridgehead atoms. The van der Waals surface area contributed by atoms with Gasteiger partial charge in [-0.1, -0.05) is 12.5 Å². The number of ether oxygens (including phenoxy) is 1. The Morgan fingerprint density at radius 3 is 2.55 bits per heavy atom. The Hall–Kier alpha value is -2.11. The van der Waals surface area contributed by atoms with Gasteiger partial charge in [0.25, 0.3) is 10.0 Å². The van der Waals surface area contributed by atoms with Crippen molar-refractivity contribution >= 4 is 33.0 Å². The number of carbonyl (C=O) groups excluding carboxylic acids is 1. The second kappa shape index (κ2) is 8.72. The van der Waals surface area contributed by atoms with Crippen LogP contribution < -0.4 is 10.1 Å². The average molecular weight is 448 g/mol. The van der Waals surface area contributed by atoms with Gasteiger partial charge >= 0.3 is 6.36 Å². The molecule has 3 rings (SSSR count). The molecule has 0 saturated carbocycles. The van der Waals surface area contributed by atoms with Crippen LogP contribution in [0, 0.1) is 0 Å². The number of nitrogens with zero attached hydrogens (tertiary/aromatic N) is 1. The fourth-order valence-electron chi connectivity index (χ4n) is 2.96. The summed E-state index contributed by atoms with van der Waals surface area (Å²) in [4.78, 5) is 12.8. The standard InChI is InChI=1S/C18H19F3N2O4S2/c19-18(20,21)27-14-6-4-5-13(11-14)22-16(24)12-15-7-8-17(28-15)29(25,26)23-9-2-1-3-10-23/h4-8,11H,1-3,9-10,12H2,(H,22,24). The topological polar surface area (TPSA) is 75.7 Å². The van der Waals surface area contributed by atoms with Crippen molar-refractivity contribution in [3.63, 3.8) is 0 Å². The minimum Gasteiger partial charge on any atom is -0.406 e. The van der Waals surface area contributed by atoms with Gasteiger partial charge in [0.05, 0.1) is 6.42 Å². The molecule has 2 aromatic rings. The second-order valence-corrected chi connectivity index (χ2v) is 9.82. The summed E-state index contributed by atoms with van der Waals surface area (Å²) in [5.74, 6) is -0.917. The van der Waals surface area contributed by atoms with Gasteiger partial charge in [0.15, 0.2) is 0 Å². The number of anilines is 1. The molecule has 1 aromatic heterocycles. The molecule has 0 unspecified atom stereocenters. The van der Waals surface area contributed by atoms with Gasteiger partial charge in [-0.3, -0.25) is 4.79 Å². The van der Waals surface area contributed by atoms with Crippen molar-refractivity contribution in [1.82, 2.24) is 4.31 Å². The summed E-state index contributed by atoms with van der Waals surface area (Å²) in [5.41, 5.74) is 0.148. The van der Waals surface area contributed by atoms with Gasteiger partial charge in [-0.05, 0) is 37.1 Å². The maximum absolute atomic E-state index is 12.7. The molecule has 1 N–H and O–H groups in total. The van der Waals surface area contributed by atoms with Crippen LogP contribution in [-0.4, -0.2) is 38.1 Å². The Labute approximate surface area is 170 Å². The monoisotopic (exact) mass is 448 g/mol. The molecule has 1 aliphatic heterocycles. The zero-order valence-electron chi connectivity index (χ0n) is 15.2. The fraction of sp³-hybridized carbons (Fsp3) is 0.389. The molecule has 1 aromatic carbocycles. The van der Waals surface area contributed by atoms with Crippen molar-refractivity contribution in [2.45, 2.75) is 36.3 Å². The third-order valence-electron chi connectivity index (χ3n) is 4.23. The van der Waals surface area contributed by atoms with E-state index in [1.807, 2.05) is 0 Å². The smallest absolute Gasteiger partial charge is 0.406 e. The third-order valence-corrected chi connectivity index (χ3v) is 7.68. The molecule has 0 atom stereocenters. The Morgan fingerprint density at radius 1 is 1.14 bits per heavy atom. The number of halogens is 3. The first-order valence-electron chi connectivity index (χ1n) is 8.88. The van der Waals surface area contributed by atoms with Crippen molar-refractivity contribution < 1.29 is 31.1 Å². The van der Waals surface area contributed by atoms with Crippen molar-refractivity contribution in [3.05, 3.63) is 41.3 Å². The molecule has 2 heterocycles. The highest BCUT2D eigenvalue weighted by Gasteiger charge is 2.31. The van der Waals surface area contributed by atoms with E-state index in [-0.39, 0.29) is 16.3 Å². The maximum Gasteiger partial charge on any atom is 0.573 e. The number of hydrogen-bond acceptors (Lipinski definition) is 5. The van der Waals surface area contributed by atoms with E-state index >= 15 is 0 Å². The Balaban J connectivity index is 1.63. The van der Waals surface area contributed by atoms with Gasteiger partial charge in [0.2, 0.25) is 5.91 Å². The summed E-state index contributed by atoms with van der Waals surface area (Å²) in [5, 5.41) is 2.49. The highest BCUT2D eigenvalue weighted by molar-refractivity contribution is 7.91. The number of alkyl halides is 3. The van der Waals surface area contributed by atoms with Gasteiger partial charge < -0.3 is 10.1 Å². The van der Waals surface area contributed by atoms with Crippen molar-refractivity contribution in [2.24, 2.45) is 0 Å². The normalized spacial score (nSPS) is 15.8. The summed E-state index contributed by atoms with van der Waals surface area (Å²) in [6.07, 6.45) is -2.24. The van der Waals surface area contributed by atoms with E-state index in [4.69, 9.17) is 0 Å². The number of amides is 1. The molecule has 0 spiro atoms. The lowest BCUT2D eigenvalue weighted by Crippen LogP contribution is -2.35. The second-order valence-electron chi connectivity index (χ2n) is 6.49. The minimum atomic E-state index is -4.82. The molecular formula is C18H19F3N2O4S2. The van der Waals surface area contributed by atoms with Crippen LogP contribution in [0.25, 0.3) is 0 Å². The van der Waals surface area contributed by atoms with Crippen LogP contribution in [-0.2, 0) is 21.2 Å². The van der Waals surface area contributed by atoms with Crippen LogP contribution in [0.3, 0.4) is 0 Å². The number of nitrogens with one attached hydrogen (secondary N) is 1. The van der Waals surface area contributed by atoms with Crippen molar-refractivity contribution in [1.29, 1.82) is 0 Å². The molecule has 29 heavy (non-hydrogen) atoms. The van der Waals surface area contributed by atoms with Crippen LogP contribution in [0.2, 0.25) is 0 Å². The third kappa shape index (κ3) is 5.94. The number of carbonyl (C=O) groups is 1. The van der Waals surface area contributed by atoms with Gasteiger partial charge in [-0.15, -0.1) is 24.5 Å². The summed E-state index contributed by atoms with van der Waals surface area (Å²) >= 11 is 1.02. The lowest BCUT2D eigenvalue weighted by Gasteiger charge is -2.25. The lowest BCUT2D eigenvalue weighted by atomic mass is 10.2. The Morgan fingerprint density at radius 2 is 1.86 bits per heavy atom. The SMILES string of the molecule is O=C(Cc1ccc(S(=O)(=O)N2CCCCC2)s1)Nc1cccc(OC(F)(F)F)c1. The number of hydrogen-bond donors (Lipinski definition) is 1. The summed E-state index contributed by atoms with van der Waals surface area (Å²) < 4.78 is 67.7. The Kier molecular flexibility index (Phi) is 6.49. The highest BCUT2D eigenvalue weighted by Crippen LogP contribution is 2.28. The van der Waals surface area contributed by atoms with Gasteiger partial charge in [-0.2, -0.15) is 4.31 Å². The number of rotatable bonds is 6. The van der Waals surface area contributed by atoms with E-state index in [1.54, 1.807) is 6.07 Å². The molecule has 0 aliphatic carbocycles. The molecule has 1 aliphatic rings. The summed E-state index contributed by atoms with van der Waals surface area (Å²) in [6, 6.07) is 8.00. The van der Waals surface area contributed by atoms with Gasteiger partial charge in [0.1, 0.15) is 9.96 Å². The minimum absolute atomic E-state index is 0.0927. The molecule has 1 saturated heterocycles. The molecule has 1 amide bonds. The number of sulfonamides is 1. The number of thiophene rings is 1. The van der Waals surface area contributed by atoms with Crippen molar-refractivity contribution in [3.8, 4) is 5.75 Å². The fourth-order valence-corrected chi connectivity index (χ4v) is 5.98. The largest absolute Gasteiger partial charge is 0.573 e. The molecule has 0 radical (unpaired) electrons. The maximum atomic E-state index is 12.7. The first-order chi connectivity index (χ1) is 13.6. The van der Waals surface area contributed by atoms with Crippen LogP contribution >= 0.6 is 11.3 Å². The zero-order chi connectivity index (χ0) is 21.1. The lowest BCUT2D eigenvalue weighted by molar-refractivity contribution is -0.274. The van der Waals surface area contributed by atoms with E-state index in [0.29, 0.717) is 18.0 Å². The summed E-state index contributed by atoms with van der Waals surface area (Å²) in [6.45, 7) is 0.985. The van der Waals surface area contributed by atoms with Crippen LogP contribution in [0.5, 0.6) is 5.75 Å². The van der Waals surface area contributed by atoms with Crippen LogP contribution in [0.4, 0.5) is 18.9 Å². The van der Waals surface area contributed by atoms with E-state index in [0.717, 1.165) is 42.7 Å². The van der Waals surface area contributed by atoms with E-state index < -0.39 is 28.0 Å². The molecule has 1 fully saturated rings. The highest BCUT2D eigenvalue weighted by atomic mass is 32.2. The number of benzene rings is 1. The summed E-state index contributed by atoms with van der Waals surface area (Å²) in [7, 11) is -3.56.